The van der Waals surface area contributed by atoms with E-state index in [1.807, 2.05) is 12.1 Å². The van der Waals surface area contributed by atoms with E-state index in [0.717, 1.165) is 5.56 Å². The summed E-state index contributed by atoms with van der Waals surface area (Å²) in [7, 11) is 0. The molecule has 5 nitrogen and oxygen atoms in total. The molecule has 2 aromatic rings. The first-order valence-corrected chi connectivity index (χ1v) is 8.16. The monoisotopic (exact) mass is 374 g/mol. The summed E-state index contributed by atoms with van der Waals surface area (Å²) in [6.45, 7) is -1.44. The Morgan fingerprint density at radius 3 is 2.48 bits per heavy atom. The molecule has 1 aliphatic rings. The van der Waals surface area contributed by atoms with Crippen molar-refractivity contribution in [2.75, 3.05) is 6.61 Å². The molecule has 0 N–H and O–H groups in total. The van der Waals surface area contributed by atoms with E-state index >= 15 is 0 Å². The van der Waals surface area contributed by atoms with Crippen LogP contribution >= 0.6 is 0 Å². The number of fused-ring (bicyclic) bond motifs is 1. The number of esters is 1. The van der Waals surface area contributed by atoms with Gasteiger partial charge in [0.25, 0.3) is 0 Å². The molecule has 140 valence electrons. The molecule has 1 heterocycles. The molecule has 1 aliphatic heterocycles. The van der Waals surface area contributed by atoms with E-state index in [9.17, 15) is 18.4 Å². The third-order valence-electron chi connectivity index (χ3n) is 3.91. The van der Waals surface area contributed by atoms with E-state index in [1.165, 1.54) is 31.2 Å². The Morgan fingerprint density at radius 1 is 1.07 bits per heavy atom. The first-order valence-electron chi connectivity index (χ1n) is 8.16. The summed E-state index contributed by atoms with van der Waals surface area (Å²) < 4.78 is 39.3. The Morgan fingerprint density at radius 2 is 1.78 bits per heavy atom. The van der Waals surface area contributed by atoms with Gasteiger partial charge in [-0.1, -0.05) is 18.2 Å². The van der Waals surface area contributed by atoms with Gasteiger partial charge >= 0.3 is 12.6 Å². The second-order valence-corrected chi connectivity index (χ2v) is 5.81. The van der Waals surface area contributed by atoms with Gasteiger partial charge in [-0.3, -0.25) is 4.79 Å². The van der Waals surface area contributed by atoms with Crippen molar-refractivity contribution >= 4 is 17.8 Å². The minimum atomic E-state index is -2.94. The molecule has 0 spiro atoms. The fourth-order valence-corrected chi connectivity index (χ4v) is 2.56. The van der Waals surface area contributed by atoms with Crippen molar-refractivity contribution < 1.29 is 32.6 Å². The maximum absolute atomic E-state index is 12.4. The highest BCUT2D eigenvalue weighted by molar-refractivity contribution is 6.02. The number of halogens is 2. The second-order valence-electron chi connectivity index (χ2n) is 5.81. The number of ether oxygens (including phenoxy) is 3. The Balaban J connectivity index is 1.64. The zero-order chi connectivity index (χ0) is 19.4. The molecule has 0 saturated heterocycles. The number of alkyl halides is 2. The first kappa shape index (κ1) is 18.6. The van der Waals surface area contributed by atoms with Crippen LogP contribution in [-0.2, 0) is 9.53 Å². The maximum Gasteiger partial charge on any atom is 0.387 e. The smallest absolute Gasteiger partial charge is 0.387 e. The molecule has 0 aliphatic carbocycles. The molecule has 0 unspecified atom stereocenters. The van der Waals surface area contributed by atoms with Crippen molar-refractivity contribution in [3.05, 3.63) is 65.2 Å². The predicted molar refractivity (Wildman–Crippen MR) is 92.9 cm³/mol. The van der Waals surface area contributed by atoms with E-state index in [4.69, 9.17) is 9.47 Å². The molecule has 0 fully saturated rings. The molecule has 27 heavy (non-hydrogen) atoms. The van der Waals surface area contributed by atoms with E-state index in [2.05, 4.69) is 4.74 Å². The highest BCUT2D eigenvalue weighted by Crippen LogP contribution is 2.26. The van der Waals surface area contributed by atoms with Crippen LogP contribution < -0.4 is 9.47 Å². The quantitative estimate of drug-likeness (QED) is 0.567. The van der Waals surface area contributed by atoms with Gasteiger partial charge in [0, 0.05) is 11.1 Å². The molecule has 0 radical (unpaired) electrons. The van der Waals surface area contributed by atoms with Crippen LogP contribution in [0.5, 0.6) is 11.5 Å². The average Bonchev–Trinajstić information content (AvgIpc) is 2.67. The van der Waals surface area contributed by atoms with Gasteiger partial charge in [0.2, 0.25) is 5.78 Å². The van der Waals surface area contributed by atoms with Crippen molar-refractivity contribution in [3.63, 3.8) is 0 Å². The summed E-state index contributed by atoms with van der Waals surface area (Å²) in [6.07, 6.45) is 0.618. The van der Waals surface area contributed by atoms with Gasteiger partial charge in [0.1, 0.15) is 18.1 Å². The fourth-order valence-electron chi connectivity index (χ4n) is 2.56. The van der Waals surface area contributed by atoms with E-state index in [1.54, 1.807) is 18.2 Å². The Hall–Kier alpha value is -3.22. The minimum absolute atomic E-state index is 0.0520. The van der Waals surface area contributed by atoms with E-state index < -0.39 is 24.5 Å². The van der Waals surface area contributed by atoms with Gasteiger partial charge in [-0.05, 0) is 43.3 Å². The van der Waals surface area contributed by atoms with Crippen molar-refractivity contribution in [2.24, 2.45) is 0 Å². The SMILES string of the molecule is C[C@H](OC(=O)C1=Cc2ccccc2OC1)C(=O)c1ccc(OC(F)F)cc1. The van der Waals surface area contributed by atoms with Crippen LogP contribution in [-0.4, -0.2) is 31.1 Å². The summed E-state index contributed by atoms with van der Waals surface area (Å²) in [5, 5.41) is 0. The van der Waals surface area contributed by atoms with Crippen molar-refractivity contribution in [2.45, 2.75) is 19.6 Å². The lowest BCUT2D eigenvalue weighted by molar-refractivity contribution is -0.141. The van der Waals surface area contributed by atoms with Crippen molar-refractivity contribution in [1.82, 2.24) is 0 Å². The molecule has 0 saturated carbocycles. The van der Waals surface area contributed by atoms with Gasteiger partial charge in [0.05, 0.1) is 5.57 Å². The molecule has 1 atom stereocenters. The molecular formula is C20H16F2O5. The number of para-hydroxylation sites is 1. The Kier molecular flexibility index (Phi) is 5.49. The van der Waals surface area contributed by atoms with Crippen LogP contribution in [0.4, 0.5) is 8.78 Å². The van der Waals surface area contributed by atoms with E-state index in [-0.39, 0.29) is 17.9 Å². The fraction of sp³-hybridized carbons (Fsp3) is 0.200. The number of ketones is 1. The topological polar surface area (TPSA) is 61.8 Å². The molecule has 7 heteroatoms. The lowest BCUT2D eigenvalue weighted by Crippen LogP contribution is -2.27. The number of benzene rings is 2. The normalized spacial score (nSPS) is 13.9. The van der Waals surface area contributed by atoms with Gasteiger partial charge in [0.15, 0.2) is 6.10 Å². The number of carbonyl (C=O) groups excluding carboxylic acids is 2. The molecule has 0 bridgehead atoms. The largest absolute Gasteiger partial charge is 0.488 e. The summed E-state index contributed by atoms with van der Waals surface area (Å²) in [5.74, 6) is -0.494. The summed E-state index contributed by atoms with van der Waals surface area (Å²) in [6, 6.07) is 12.4. The zero-order valence-corrected chi connectivity index (χ0v) is 14.4. The lowest BCUT2D eigenvalue weighted by atomic mass is 10.1. The van der Waals surface area contributed by atoms with Gasteiger partial charge in [-0.15, -0.1) is 0 Å². The number of carbonyl (C=O) groups is 2. The second kappa shape index (κ2) is 7.99. The van der Waals surface area contributed by atoms with Gasteiger partial charge in [-0.2, -0.15) is 8.78 Å². The molecule has 3 rings (SSSR count). The lowest BCUT2D eigenvalue weighted by Gasteiger charge is -2.18. The van der Waals surface area contributed by atoms with Crippen molar-refractivity contribution in [3.8, 4) is 11.5 Å². The highest BCUT2D eigenvalue weighted by atomic mass is 19.3. The molecule has 0 amide bonds. The van der Waals surface area contributed by atoms with Crippen LogP contribution in [0.2, 0.25) is 0 Å². The molecule has 0 aromatic heterocycles. The summed E-state index contributed by atoms with van der Waals surface area (Å²) in [5.41, 5.74) is 1.27. The number of Topliss-reactive ketones (excluding diaryl/α,β-unsaturated/α-hetero) is 1. The van der Waals surface area contributed by atoms with Crippen LogP contribution in [0.15, 0.2) is 54.1 Å². The standard InChI is InChI=1S/C20H16F2O5/c1-12(18(23)13-6-8-16(9-7-13)27-20(21)22)26-19(24)15-10-14-4-2-3-5-17(14)25-11-15/h2-10,12,20H,11H2,1H3/t12-/m0/s1. The van der Waals surface area contributed by atoms with Crippen LogP contribution in [0, 0.1) is 0 Å². The molecular weight excluding hydrogens is 358 g/mol. The Bertz CT molecular complexity index is 874. The highest BCUT2D eigenvalue weighted by Gasteiger charge is 2.24. The van der Waals surface area contributed by atoms with Crippen LogP contribution in [0.25, 0.3) is 6.08 Å². The summed E-state index contributed by atoms with van der Waals surface area (Å²) >= 11 is 0. The maximum atomic E-state index is 12.4. The third kappa shape index (κ3) is 4.49. The van der Waals surface area contributed by atoms with Crippen LogP contribution in [0.1, 0.15) is 22.8 Å². The Labute approximate surface area is 154 Å². The minimum Gasteiger partial charge on any atom is -0.488 e. The predicted octanol–water partition coefficient (Wildman–Crippen LogP) is 3.88. The molecule has 2 aromatic carbocycles. The van der Waals surface area contributed by atoms with Gasteiger partial charge < -0.3 is 14.2 Å². The zero-order valence-electron chi connectivity index (χ0n) is 14.4. The van der Waals surface area contributed by atoms with Crippen molar-refractivity contribution in [1.29, 1.82) is 0 Å². The van der Waals surface area contributed by atoms with Gasteiger partial charge in [-0.25, -0.2) is 4.79 Å². The first-order chi connectivity index (χ1) is 12.9. The third-order valence-corrected chi connectivity index (χ3v) is 3.91. The summed E-state index contributed by atoms with van der Waals surface area (Å²) in [4.78, 5) is 24.7. The number of rotatable bonds is 6. The van der Waals surface area contributed by atoms with Crippen LogP contribution in [0.3, 0.4) is 0 Å². The average molecular weight is 374 g/mol. The number of hydrogen-bond donors (Lipinski definition) is 0. The van der Waals surface area contributed by atoms with E-state index in [0.29, 0.717) is 11.3 Å². The number of hydrogen-bond acceptors (Lipinski definition) is 5.